The van der Waals surface area contributed by atoms with Crippen molar-refractivity contribution < 1.29 is 13.9 Å². The number of ether oxygens (including phenoxy) is 1. The van der Waals surface area contributed by atoms with Crippen LogP contribution in [0.15, 0.2) is 21.9 Å². The monoisotopic (exact) mass is 329 g/mol. The maximum absolute atomic E-state index is 13.8. The van der Waals surface area contributed by atoms with Gasteiger partial charge < -0.3 is 10.5 Å². The molecule has 1 heterocycles. The number of rotatable bonds is 3. The molecule has 0 atom stereocenters. The Balaban J connectivity index is 2.28. The lowest BCUT2D eigenvalue weighted by Gasteiger charge is -2.43. The Labute approximate surface area is 115 Å². The van der Waals surface area contributed by atoms with Gasteiger partial charge in [-0.15, -0.1) is 0 Å². The summed E-state index contributed by atoms with van der Waals surface area (Å²) in [6, 6.07) is 3.04. The van der Waals surface area contributed by atoms with Crippen molar-refractivity contribution in [3.8, 4) is 0 Å². The van der Waals surface area contributed by atoms with Crippen LogP contribution in [0.5, 0.6) is 0 Å². The van der Waals surface area contributed by atoms with Crippen molar-refractivity contribution in [2.45, 2.75) is 24.5 Å². The predicted octanol–water partition coefficient (Wildman–Crippen LogP) is 2.75. The van der Waals surface area contributed by atoms with Crippen LogP contribution >= 0.6 is 15.9 Å². The molecule has 1 aromatic rings. The van der Waals surface area contributed by atoms with E-state index in [2.05, 4.69) is 30.9 Å². The van der Waals surface area contributed by atoms with Crippen molar-refractivity contribution in [2.75, 3.05) is 0 Å². The Hall–Kier alpha value is -1.86. The lowest BCUT2D eigenvalue weighted by molar-refractivity contribution is 0.00384. The number of pyridine rings is 1. The lowest BCUT2D eigenvalue weighted by atomic mass is 9.70. The number of nitrogens with zero attached hydrogens (tertiary/aromatic N) is 4. The minimum absolute atomic E-state index is 0.179. The smallest absolute Gasteiger partial charge is 0.404 e. The van der Waals surface area contributed by atoms with Gasteiger partial charge in [0.05, 0.1) is 5.54 Å². The van der Waals surface area contributed by atoms with Crippen molar-refractivity contribution in [3.05, 3.63) is 38.7 Å². The van der Waals surface area contributed by atoms with E-state index < -0.39 is 23.7 Å². The molecule has 2 N–H and O–H groups in total. The molecular formula is C10H9BrFN5O2. The molecule has 0 radical (unpaired) electrons. The Bertz CT molecular complexity index is 569. The highest BCUT2D eigenvalue weighted by Gasteiger charge is 2.49. The molecule has 1 aliphatic carbocycles. The average molecular weight is 330 g/mol. The van der Waals surface area contributed by atoms with Crippen molar-refractivity contribution in [3.63, 3.8) is 0 Å². The first kappa shape index (κ1) is 13.6. The first-order valence-corrected chi connectivity index (χ1v) is 6.11. The zero-order valence-electron chi connectivity index (χ0n) is 9.58. The molecule has 0 bridgehead atoms. The number of carbonyl (C=O) groups is 1. The summed E-state index contributed by atoms with van der Waals surface area (Å²) in [4.78, 5) is 17.0. The minimum Gasteiger partial charge on any atom is -0.446 e. The normalized spacial score (nSPS) is 25.1. The number of nitrogens with two attached hydrogens (primary N) is 1. The summed E-state index contributed by atoms with van der Waals surface area (Å²) in [6.07, 6.45) is -1.03. The highest BCUT2D eigenvalue weighted by molar-refractivity contribution is 9.10. The van der Waals surface area contributed by atoms with Crippen LogP contribution in [0.1, 0.15) is 18.4 Å². The number of hydrogen-bond acceptors (Lipinski definition) is 4. The van der Waals surface area contributed by atoms with Crippen molar-refractivity contribution in [1.82, 2.24) is 4.98 Å². The maximum atomic E-state index is 13.8. The Morgan fingerprint density at radius 2 is 2.37 bits per heavy atom. The van der Waals surface area contributed by atoms with Crippen LogP contribution in [0, 0.1) is 5.95 Å². The number of aromatic nitrogens is 1. The summed E-state index contributed by atoms with van der Waals surface area (Å²) in [5.41, 5.74) is 12.6. The molecule has 100 valence electrons. The average Bonchev–Trinajstić information content (AvgIpc) is 2.25. The van der Waals surface area contributed by atoms with Gasteiger partial charge in [-0.2, -0.15) is 4.39 Å². The molecule has 1 saturated carbocycles. The molecule has 7 nitrogen and oxygen atoms in total. The van der Waals surface area contributed by atoms with Crippen LogP contribution in [0.2, 0.25) is 0 Å². The van der Waals surface area contributed by atoms with E-state index in [1.807, 2.05) is 0 Å². The molecule has 0 unspecified atom stereocenters. The van der Waals surface area contributed by atoms with Gasteiger partial charge in [0.15, 0.2) is 0 Å². The molecule has 19 heavy (non-hydrogen) atoms. The second-order valence-corrected chi connectivity index (χ2v) is 4.97. The first-order valence-electron chi connectivity index (χ1n) is 5.32. The fourth-order valence-electron chi connectivity index (χ4n) is 2.14. The molecule has 1 aliphatic rings. The van der Waals surface area contributed by atoms with Crippen molar-refractivity contribution >= 4 is 22.0 Å². The van der Waals surface area contributed by atoms with Gasteiger partial charge in [0.1, 0.15) is 10.7 Å². The largest absolute Gasteiger partial charge is 0.446 e. The topological polar surface area (TPSA) is 114 Å². The third-order valence-electron chi connectivity index (χ3n) is 2.97. The molecule has 0 saturated heterocycles. The van der Waals surface area contributed by atoms with Crippen LogP contribution < -0.4 is 5.73 Å². The van der Waals surface area contributed by atoms with Crippen molar-refractivity contribution in [1.29, 1.82) is 0 Å². The first-order chi connectivity index (χ1) is 8.97. The number of hydrogen-bond donors (Lipinski definition) is 1. The van der Waals surface area contributed by atoms with E-state index in [-0.39, 0.29) is 18.4 Å². The van der Waals surface area contributed by atoms with E-state index >= 15 is 0 Å². The number of azide groups is 1. The Morgan fingerprint density at radius 1 is 1.68 bits per heavy atom. The predicted molar refractivity (Wildman–Crippen MR) is 66.4 cm³/mol. The molecule has 1 amide bonds. The third kappa shape index (κ3) is 2.61. The standard InChI is InChI=1S/C10H9BrFN5O2/c11-7-2-1-6(8(12)15-7)10(16-17-14)3-5(4-10)19-9(13)18/h1-2,5H,3-4H2,(H2,13,18)/t5-,10-. The summed E-state index contributed by atoms with van der Waals surface area (Å²) in [5.74, 6) is -0.723. The minimum atomic E-state index is -1.08. The molecule has 9 heteroatoms. The number of primary amides is 1. The highest BCUT2D eigenvalue weighted by atomic mass is 79.9. The lowest BCUT2D eigenvalue weighted by Crippen LogP contribution is -2.46. The summed E-state index contributed by atoms with van der Waals surface area (Å²) in [5, 5.41) is 3.63. The van der Waals surface area contributed by atoms with Gasteiger partial charge >= 0.3 is 6.09 Å². The summed E-state index contributed by atoms with van der Waals surface area (Å²) in [6.45, 7) is 0. The Kier molecular flexibility index (Phi) is 3.59. The third-order valence-corrected chi connectivity index (χ3v) is 3.41. The SMILES string of the molecule is [N-]=[N+]=N[C@]1(c2ccc(Br)nc2F)C[C@@H](OC(N)=O)C1. The number of halogens is 2. The zero-order chi connectivity index (χ0) is 14.0. The van der Waals surface area contributed by atoms with Crippen LogP contribution in [-0.4, -0.2) is 17.2 Å². The summed E-state index contributed by atoms with van der Waals surface area (Å²) in [7, 11) is 0. The highest BCUT2D eigenvalue weighted by Crippen LogP contribution is 2.47. The fraction of sp³-hybridized carbons (Fsp3) is 0.400. The van der Waals surface area contributed by atoms with Gasteiger partial charge in [-0.05, 0) is 27.5 Å². The molecule has 2 rings (SSSR count). The second kappa shape index (κ2) is 5.02. The van der Waals surface area contributed by atoms with E-state index in [9.17, 15) is 9.18 Å². The second-order valence-electron chi connectivity index (χ2n) is 4.16. The van der Waals surface area contributed by atoms with Gasteiger partial charge in [0.2, 0.25) is 5.95 Å². The van der Waals surface area contributed by atoms with Crippen LogP contribution in [0.3, 0.4) is 0 Å². The van der Waals surface area contributed by atoms with E-state index in [0.717, 1.165) is 0 Å². The van der Waals surface area contributed by atoms with Gasteiger partial charge in [-0.25, -0.2) is 9.78 Å². The number of carbonyl (C=O) groups excluding carboxylic acids is 1. The van der Waals surface area contributed by atoms with Gasteiger partial charge in [-0.1, -0.05) is 11.2 Å². The molecular weight excluding hydrogens is 321 g/mol. The van der Waals surface area contributed by atoms with E-state index in [1.54, 1.807) is 6.07 Å². The Morgan fingerprint density at radius 3 is 2.89 bits per heavy atom. The molecule has 0 aromatic carbocycles. The van der Waals surface area contributed by atoms with E-state index in [1.165, 1.54) is 6.07 Å². The fourth-order valence-corrected chi connectivity index (χ4v) is 2.43. The molecule has 1 aromatic heterocycles. The van der Waals surface area contributed by atoms with Gasteiger partial charge in [0.25, 0.3) is 0 Å². The summed E-state index contributed by atoms with van der Waals surface area (Å²) >= 11 is 3.05. The maximum Gasteiger partial charge on any atom is 0.404 e. The molecule has 1 fully saturated rings. The van der Waals surface area contributed by atoms with Crippen LogP contribution in [-0.2, 0) is 10.3 Å². The molecule has 0 spiro atoms. The van der Waals surface area contributed by atoms with E-state index in [4.69, 9.17) is 16.0 Å². The van der Waals surface area contributed by atoms with Crippen LogP contribution in [0.4, 0.5) is 9.18 Å². The van der Waals surface area contributed by atoms with Crippen molar-refractivity contribution in [2.24, 2.45) is 10.8 Å². The van der Waals surface area contributed by atoms with Gasteiger partial charge in [-0.3, -0.25) is 0 Å². The quantitative estimate of drug-likeness (QED) is 0.398. The van der Waals surface area contributed by atoms with E-state index in [0.29, 0.717) is 4.60 Å². The van der Waals surface area contributed by atoms with Crippen LogP contribution in [0.25, 0.3) is 10.4 Å². The summed E-state index contributed by atoms with van der Waals surface area (Å²) < 4.78 is 18.9. The molecule has 0 aliphatic heterocycles. The van der Waals surface area contributed by atoms with Gasteiger partial charge in [0, 0.05) is 23.3 Å². The number of amides is 1. The zero-order valence-corrected chi connectivity index (χ0v) is 11.2.